The number of nitro benzene ring substituents is 2. The van der Waals surface area contributed by atoms with Gasteiger partial charge in [0.15, 0.2) is 0 Å². The second-order valence-electron chi connectivity index (χ2n) is 8.51. The van der Waals surface area contributed by atoms with E-state index >= 15 is 0 Å². The number of benzene rings is 3. The van der Waals surface area contributed by atoms with Crippen LogP contribution in [0.25, 0.3) is 0 Å². The molecule has 14 nitrogen and oxygen atoms in total. The van der Waals surface area contributed by atoms with Gasteiger partial charge >= 0.3 is 18.2 Å². The molecule has 2 amide bonds. The molecule has 1 aliphatic rings. The molecule has 4 rings (SSSR count). The molecule has 0 aromatic heterocycles. The van der Waals surface area contributed by atoms with Gasteiger partial charge in [-0.1, -0.05) is 18.2 Å². The van der Waals surface area contributed by atoms with Crippen LogP contribution in [0.4, 0.5) is 21.0 Å². The first-order valence-electron chi connectivity index (χ1n) is 11.8. The minimum Gasteiger partial charge on any atom is -0.455 e. The first-order valence-corrected chi connectivity index (χ1v) is 11.8. The van der Waals surface area contributed by atoms with Crippen molar-refractivity contribution in [2.45, 2.75) is 19.3 Å². The summed E-state index contributed by atoms with van der Waals surface area (Å²) in [5, 5.41) is 23.5. The SMILES string of the molecule is O=C(OC1CN(C(=O)OCc2ccc([N+](=O)[O-])cc2)N(C(=O)OCc2ccc([N+](=O)[O-])cc2)C1)c1ccccc1. The van der Waals surface area contributed by atoms with Crippen LogP contribution in [0.2, 0.25) is 0 Å². The average molecular weight is 550 g/mol. The Kier molecular flexibility index (Phi) is 8.49. The zero-order valence-corrected chi connectivity index (χ0v) is 20.8. The van der Waals surface area contributed by atoms with Gasteiger partial charge in [0, 0.05) is 24.3 Å². The van der Waals surface area contributed by atoms with Gasteiger partial charge in [0.05, 0.1) is 28.5 Å². The molecule has 0 saturated carbocycles. The maximum Gasteiger partial charge on any atom is 0.429 e. The molecule has 1 aliphatic heterocycles. The molecule has 0 radical (unpaired) electrons. The van der Waals surface area contributed by atoms with Gasteiger partial charge in [0.1, 0.15) is 19.3 Å². The second-order valence-corrected chi connectivity index (χ2v) is 8.51. The summed E-state index contributed by atoms with van der Waals surface area (Å²) >= 11 is 0. The maximum atomic E-state index is 12.9. The van der Waals surface area contributed by atoms with Crippen molar-refractivity contribution >= 4 is 29.5 Å². The highest BCUT2D eigenvalue weighted by atomic mass is 16.6. The Labute approximate surface area is 226 Å². The lowest BCUT2D eigenvalue weighted by Gasteiger charge is -2.25. The van der Waals surface area contributed by atoms with Gasteiger partial charge in [-0.3, -0.25) is 20.2 Å². The van der Waals surface area contributed by atoms with Crippen LogP contribution in [0, 0.1) is 20.2 Å². The van der Waals surface area contributed by atoms with Gasteiger partial charge in [0.25, 0.3) is 11.4 Å². The van der Waals surface area contributed by atoms with E-state index in [-0.39, 0.29) is 43.2 Å². The van der Waals surface area contributed by atoms with E-state index in [1.807, 2.05) is 0 Å². The van der Waals surface area contributed by atoms with Crippen LogP contribution in [0.3, 0.4) is 0 Å². The Morgan fingerprint density at radius 1 is 0.700 bits per heavy atom. The summed E-state index contributed by atoms with van der Waals surface area (Å²) in [6.07, 6.45) is -2.78. The van der Waals surface area contributed by atoms with E-state index in [0.717, 1.165) is 10.0 Å². The Hall–Kier alpha value is -5.53. The van der Waals surface area contributed by atoms with Crippen LogP contribution in [0.15, 0.2) is 78.9 Å². The number of hydrogen-bond donors (Lipinski definition) is 0. The predicted molar refractivity (Wildman–Crippen MR) is 136 cm³/mol. The van der Waals surface area contributed by atoms with Gasteiger partial charge in [-0.2, -0.15) is 0 Å². The van der Waals surface area contributed by atoms with E-state index in [0.29, 0.717) is 11.1 Å². The minimum absolute atomic E-state index is 0.125. The number of amides is 2. The highest BCUT2D eigenvalue weighted by Crippen LogP contribution is 2.21. The quantitative estimate of drug-likeness (QED) is 0.171. The third-order valence-corrected chi connectivity index (χ3v) is 5.77. The number of ether oxygens (including phenoxy) is 3. The molecule has 3 aromatic rings. The third-order valence-electron chi connectivity index (χ3n) is 5.77. The van der Waals surface area contributed by atoms with Crippen molar-refractivity contribution in [1.29, 1.82) is 0 Å². The predicted octanol–water partition coefficient (Wildman–Crippen LogP) is 4.23. The van der Waals surface area contributed by atoms with Crippen molar-refractivity contribution in [2.24, 2.45) is 0 Å². The number of carbonyl (C=O) groups excluding carboxylic acids is 3. The van der Waals surface area contributed by atoms with Crippen molar-refractivity contribution in [3.63, 3.8) is 0 Å². The van der Waals surface area contributed by atoms with Gasteiger partial charge in [-0.05, 0) is 47.5 Å². The minimum atomic E-state index is -0.941. The number of carbonyl (C=O) groups is 3. The van der Waals surface area contributed by atoms with Crippen LogP contribution in [-0.4, -0.2) is 57.2 Å². The Balaban J connectivity index is 1.42. The van der Waals surface area contributed by atoms with Crippen molar-refractivity contribution in [2.75, 3.05) is 13.1 Å². The molecule has 1 heterocycles. The lowest BCUT2D eigenvalue weighted by atomic mass is 10.2. The van der Waals surface area contributed by atoms with Crippen molar-refractivity contribution in [3.05, 3.63) is 116 Å². The summed E-state index contributed by atoms with van der Waals surface area (Å²) in [6.45, 7) is -0.893. The number of hydrogen-bond acceptors (Lipinski definition) is 10. The zero-order chi connectivity index (χ0) is 28.6. The van der Waals surface area contributed by atoms with Gasteiger partial charge in [-0.25, -0.2) is 24.4 Å². The molecule has 14 heteroatoms. The normalized spacial score (nSPS) is 13.0. The van der Waals surface area contributed by atoms with Crippen LogP contribution in [0.1, 0.15) is 21.5 Å². The summed E-state index contributed by atoms with van der Waals surface area (Å²) in [5.41, 5.74) is 0.975. The van der Waals surface area contributed by atoms with Gasteiger partial charge in [-0.15, -0.1) is 0 Å². The fourth-order valence-corrected chi connectivity index (χ4v) is 3.72. The third kappa shape index (κ3) is 6.86. The number of hydrazine groups is 1. The average Bonchev–Trinajstić information content (AvgIpc) is 3.39. The Bertz CT molecular complexity index is 1320. The summed E-state index contributed by atoms with van der Waals surface area (Å²) in [4.78, 5) is 59.0. The summed E-state index contributed by atoms with van der Waals surface area (Å²) in [5.74, 6) is -0.647. The number of nitro groups is 2. The van der Waals surface area contributed by atoms with Crippen molar-refractivity contribution < 1.29 is 38.4 Å². The smallest absolute Gasteiger partial charge is 0.429 e. The lowest BCUT2D eigenvalue weighted by molar-refractivity contribution is -0.385. The van der Waals surface area contributed by atoms with Crippen LogP contribution in [0.5, 0.6) is 0 Å². The maximum absolute atomic E-state index is 12.9. The summed E-state index contributed by atoms with van der Waals surface area (Å²) < 4.78 is 16.1. The molecule has 0 bridgehead atoms. The fourth-order valence-electron chi connectivity index (χ4n) is 3.72. The number of non-ortho nitro benzene ring substituents is 2. The van der Waals surface area contributed by atoms with Crippen LogP contribution < -0.4 is 0 Å². The molecule has 1 fully saturated rings. The lowest BCUT2D eigenvalue weighted by Crippen LogP contribution is -2.45. The molecule has 0 spiro atoms. The summed E-state index contributed by atoms with van der Waals surface area (Å²) in [6, 6.07) is 18.9. The van der Waals surface area contributed by atoms with Crippen molar-refractivity contribution in [3.8, 4) is 0 Å². The Morgan fingerprint density at radius 2 is 1.12 bits per heavy atom. The fraction of sp³-hybridized carbons (Fsp3) is 0.192. The largest absolute Gasteiger partial charge is 0.455 e. The van der Waals surface area contributed by atoms with E-state index in [9.17, 15) is 34.6 Å². The van der Waals surface area contributed by atoms with Crippen LogP contribution in [-0.2, 0) is 27.4 Å². The molecular formula is C26H22N4O10. The zero-order valence-electron chi connectivity index (χ0n) is 20.8. The molecule has 0 atom stereocenters. The van der Waals surface area contributed by atoms with Crippen molar-refractivity contribution in [1.82, 2.24) is 10.0 Å². The monoisotopic (exact) mass is 550 g/mol. The number of esters is 1. The molecule has 1 saturated heterocycles. The van der Waals surface area contributed by atoms with Gasteiger partial charge in [0.2, 0.25) is 0 Å². The first kappa shape index (κ1) is 27.5. The topological polar surface area (TPSA) is 172 Å². The number of rotatable bonds is 8. The standard InChI is InChI=1S/C26H22N4O10/c31-24(20-4-2-1-3-5-20)40-23-14-27(25(32)38-16-18-6-10-21(11-7-18)29(34)35)28(15-23)26(33)39-17-19-8-12-22(13-9-19)30(36)37/h1-13,23H,14-17H2. The second kappa shape index (κ2) is 12.3. The Morgan fingerprint density at radius 3 is 1.52 bits per heavy atom. The molecule has 0 unspecified atom stereocenters. The molecular weight excluding hydrogens is 528 g/mol. The molecule has 206 valence electrons. The molecule has 40 heavy (non-hydrogen) atoms. The van der Waals surface area contributed by atoms with E-state index in [2.05, 4.69) is 0 Å². The first-order chi connectivity index (χ1) is 19.2. The highest BCUT2D eigenvalue weighted by molar-refractivity contribution is 5.89. The highest BCUT2D eigenvalue weighted by Gasteiger charge is 2.41. The number of nitrogens with zero attached hydrogens (tertiary/aromatic N) is 4. The molecule has 0 aliphatic carbocycles. The van der Waals surface area contributed by atoms with E-state index in [1.165, 1.54) is 48.5 Å². The summed E-state index contributed by atoms with van der Waals surface area (Å²) in [7, 11) is 0. The van der Waals surface area contributed by atoms with E-state index in [1.54, 1.807) is 30.3 Å². The van der Waals surface area contributed by atoms with E-state index < -0.39 is 34.1 Å². The van der Waals surface area contributed by atoms with E-state index in [4.69, 9.17) is 14.2 Å². The van der Waals surface area contributed by atoms with Gasteiger partial charge < -0.3 is 14.2 Å². The molecule has 3 aromatic carbocycles. The molecule has 0 N–H and O–H groups in total. The van der Waals surface area contributed by atoms with Crippen LogP contribution >= 0.6 is 0 Å².